The molecule has 4 saturated carbocycles. The summed E-state index contributed by atoms with van der Waals surface area (Å²) in [6.07, 6.45) is 8.95. The number of hydrogen-bond acceptors (Lipinski definition) is 4. The molecule has 7 rings (SSSR count). The van der Waals surface area contributed by atoms with E-state index in [0.717, 1.165) is 35.7 Å². The lowest BCUT2D eigenvalue weighted by atomic mass is 9.53. The molecular formula is C30H32ClN3O4. The number of halogens is 1. The predicted molar refractivity (Wildman–Crippen MR) is 145 cm³/mol. The number of para-hydroxylation sites is 1. The summed E-state index contributed by atoms with van der Waals surface area (Å²) in [5.74, 6) is 0.689. The number of esters is 1. The van der Waals surface area contributed by atoms with Crippen molar-refractivity contribution < 1.29 is 19.1 Å². The zero-order valence-corrected chi connectivity index (χ0v) is 21.9. The van der Waals surface area contributed by atoms with Gasteiger partial charge < -0.3 is 20.4 Å². The van der Waals surface area contributed by atoms with Gasteiger partial charge in [-0.15, -0.1) is 0 Å². The maximum Gasteiger partial charge on any atom is 0.329 e. The molecule has 1 unspecified atom stereocenters. The first kappa shape index (κ1) is 25.0. The third kappa shape index (κ3) is 5.04. The summed E-state index contributed by atoms with van der Waals surface area (Å²) in [4.78, 5) is 42.4. The number of nitrogens with one attached hydrogen (secondary N) is 3. The predicted octanol–water partition coefficient (Wildman–Crippen LogP) is 4.79. The van der Waals surface area contributed by atoms with E-state index in [9.17, 15) is 14.4 Å². The van der Waals surface area contributed by atoms with E-state index in [2.05, 4.69) is 15.6 Å². The van der Waals surface area contributed by atoms with E-state index >= 15 is 0 Å². The van der Waals surface area contributed by atoms with Crippen LogP contribution < -0.4 is 10.6 Å². The standard InChI is InChI=1S/C30H32ClN3O4/c31-24-7-3-1-6-23(24)28(36)33-26(12-21-16-32-25-8-4-2-5-22(21)25)29(37)38-17-27(35)34-30-13-18-9-19(14-30)11-20(10-18)15-30/h1-8,16,18-20,26,32H,9-15,17H2,(H,33,36)(H,34,35). The number of aromatic nitrogens is 1. The average molecular weight is 534 g/mol. The molecular weight excluding hydrogens is 502 g/mol. The third-order valence-electron chi connectivity index (χ3n) is 8.60. The van der Waals surface area contributed by atoms with Crippen molar-refractivity contribution in [3.8, 4) is 0 Å². The number of benzene rings is 2. The van der Waals surface area contributed by atoms with E-state index < -0.39 is 17.9 Å². The van der Waals surface area contributed by atoms with Gasteiger partial charge in [-0.05, 0) is 80.0 Å². The third-order valence-corrected chi connectivity index (χ3v) is 8.93. The molecule has 4 fully saturated rings. The Hall–Kier alpha value is -3.32. The van der Waals surface area contributed by atoms with Crippen molar-refractivity contribution in [1.29, 1.82) is 0 Å². The van der Waals surface area contributed by atoms with Gasteiger partial charge >= 0.3 is 5.97 Å². The summed E-state index contributed by atoms with van der Waals surface area (Å²) in [7, 11) is 0. The zero-order valence-electron chi connectivity index (χ0n) is 21.2. The number of ether oxygens (including phenoxy) is 1. The Balaban J connectivity index is 1.14. The van der Waals surface area contributed by atoms with Crippen LogP contribution in [0.3, 0.4) is 0 Å². The van der Waals surface area contributed by atoms with E-state index in [0.29, 0.717) is 22.8 Å². The lowest BCUT2D eigenvalue weighted by molar-refractivity contribution is -0.151. The molecule has 0 radical (unpaired) electrons. The molecule has 1 atom stereocenters. The van der Waals surface area contributed by atoms with Crippen LogP contribution in [-0.4, -0.2) is 41.0 Å². The van der Waals surface area contributed by atoms with E-state index in [-0.39, 0.29) is 30.0 Å². The van der Waals surface area contributed by atoms with Crippen LogP contribution >= 0.6 is 11.6 Å². The first-order valence-corrected chi connectivity index (χ1v) is 13.8. The zero-order chi connectivity index (χ0) is 26.3. The minimum Gasteiger partial charge on any atom is -0.454 e. The summed E-state index contributed by atoms with van der Waals surface area (Å²) in [5, 5.41) is 7.27. The van der Waals surface area contributed by atoms with Crippen LogP contribution in [0.1, 0.15) is 54.4 Å². The van der Waals surface area contributed by atoms with Crippen molar-refractivity contribution in [1.82, 2.24) is 15.6 Å². The minimum atomic E-state index is -0.995. The van der Waals surface area contributed by atoms with Crippen molar-refractivity contribution in [3.63, 3.8) is 0 Å². The number of amides is 2. The molecule has 0 saturated heterocycles. The minimum absolute atomic E-state index is 0.153. The molecule has 7 nitrogen and oxygen atoms in total. The van der Waals surface area contributed by atoms with Gasteiger partial charge in [0.15, 0.2) is 6.61 Å². The molecule has 8 heteroatoms. The van der Waals surface area contributed by atoms with Gasteiger partial charge in [0.25, 0.3) is 11.8 Å². The van der Waals surface area contributed by atoms with Crippen LogP contribution in [-0.2, 0) is 20.7 Å². The van der Waals surface area contributed by atoms with Crippen LogP contribution in [0.15, 0.2) is 54.7 Å². The second-order valence-electron chi connectivity index (χ2n) is 11.4. The van der Waals surface area contributed by atoms with Gasteiger partial charge in [0.1, 0.15) is 6.04 Å². The van der Waals surface area contributed by atoms with Crippen LogP contribution in [0.2, 0.25) is 5.02 Å². The SMILES string of the molecule is O=C(COC(=O)C(Cc1c[nH]c2ccccc12)NC(=O)c1ccccc1Cl)NC12CC3CC(CC(C3)C1)C2. The van der Waals surface area contributed by atoms with Crippen molar-refractivity contribution in [2.45, 2.75) is 56.5 Å². The highest BCUT2D eigenvalue weighted by Gasteiger charge is 2.51. The first-order valence-electron chi connectivity index (χ1n) is 13.5. The molecule has 3 N–H and O–H groups in total. The maximum absolute atomic E-state index is 13.3. The van der Waals surface area contributed by atoms with E-state index in [1.807, 2.05) is 30.5 Å². The normalized spacial score (nSPS) is 26.2. The fourth-order valence-corrected chi connectivity index (χ4v) is 7.65. The second kappa shape index (κ2) is 10.1. The number of aromatic amines is 1. The highest BCUT2D eigenvalue weighted by atomic mass is 35.5. The van der Waals surface area contributed by atoms with Crippen LogP contribution in [0.25, 0.3) is 10.9 Å². The topological polar surface area (TPSA) is 100 Å². The highest BCUT2D eigenvalue weighted by molar-refractivity contribution is 6.33. The van der Waals surface area contributed by atoms with Gasteiger partial charge in [0, 0.05) is 29.1 Å². The number of carbonyl (C=O) groups excluding carboxylic acids is 3. The summed E-state index contributed by atoms with van der Waals surface area (Å²) in [6.45, 7) is -0.368. The quantitative estimate of drug-likeness (QED) is 0.362. The molecule has 198 valence electrons. The largest absolute Gasteiger partial charge is 0.454 e. The number of rotatable bonds is 8. The monoisotopic (exact) mass is 533 g/mol. The van der Waals surface area contributed by atoms with Crippen molar-refractivity contribution >= 4 is 40.3 Å². The van der Waals surface area contributed by atoms with Crippen molar-refractivity contribution in [3.05, 3.63) is 70.9 Å². The van der Waals surface area contributed by atoms with Crippen molar-refractivity contribution in [2.75, 3.05) is 6.61 Å². The molecule has 1 aromatic heterocycles. The molecule has 38 heavy (non-hydrogen) atoms. The van der Waals surface area contributed by atoms with Gasteiger partial charge in [0.2, 0.25) is 0 Å². The van der Waals surface area contributed by atoms with Crippen LogP contribution in [0.4, 0.5) is 0 Å². The first-order chi connectivity index (χ1) is 18.4. The number of carbonyl (C=O) groups is 3. The molecule has 2 amide bonds. The summed E-state index contributed by atoms with van der Waals surface area (Å²) in [6, 6.07) is 13.4. The average Bonchev–Trinajstić information content (AvgIpc) is 3.29. The van der Waals surface area contributed by atoms with E-state index in [1.165, 1.54) is 19.3 Å². The summed E-state index contributed by atoms with van der Waals surface area (Å²) in [5.41, 5.74) is 1.91. The molecule has 4 aliphatic rings. The number of H-pyrrole nitrogens is 1. The number of fused-ring (bicyclic) bond motifs is 1. The lowest BCUT2D eigenvalue weighted by Crippen LogP contribution is -2.60. The van der Waals surface area contributed by atoms with Crippen molar-refractivity contribution in [2.24, 2.45) is 17.8 Å². The highest BCUT2D eigenvalue weighted by Crippen LogP contribution is 2.55. The Labute approximate surface area is 226 Å². The fourth-order valence-electron chi connectivity index (χ4n) is 7.43. The van der Waals surface area contributed by atoms with Gasteiger partial charge in [0.05, 0.1) is 10.6 Å². The Bertz CT molecular complexity index is 1350. The summed E-state index contributed by atoms with van der Waals surface area (Å²) < 4.78 is 5.50. The van der Waals surface area contributed by atoms with Crippen LogP contribution in [0, 0.1) is 17.8 Å². The Morgan fingerprint density at radius 3 is 2.34 bits per heavy atom. The van der Waals surface area contributed by atoms with Gasteiger partial charge in [-0.2, -0.15) is 0 Å². The molecule has 4 aliphatic carbocycles. The smallest absolute Gasteiger partial charge is 0.329 e. The Morgan fingerprint density at radius 2 is 1.63 bits per heavy atom. The fraction of sp³-hybridized carbons (Fsp3) is 0.433. The molecule has 0 spiro atoms. The molecule has 2 aromatic carbocycles. The molecule has 3 aromatic rings. The molecule has 1 heterocycles. The second-order valence-corrected chi connectivity index (χ2v) is 11.8. The van der Waals surface area contributed by atoms with Gasteiger partial charge in [-0.3, -0.25) is 9.59 Å². The molecule has 0 aliphatic heterocycles. The van der Waals surface area contributed by atoms with Crippen LogP contribution in [0.5, 0.6) is 0 Å². The van der Waals surface area contributed by atoms with Gasteiger partial charge in [-0.25, -0.2) is 4.79 Å². The lowest BCUT2D eigenvalue weighted by Gasteiger charge is -2.56. The molecule has 4 bridgehead atoms. The van der Waals surface area contributed by atoms with Gasteiger partial charge in [-0.1, -0.05) is 41.9 Å². The Morgan fingerprint density at radius 1 is 0.974 bits per heavy atom. The number of hydrogen-bond donors (Lipinski definition) is 3. The summed E-state index contributed by atoms with van der Waals surface area (Å²) >= 11 is 6.22. The Kier molecular flexibility index (Phi) is 6.64. The van der Waals surface area contributed by atoms with E-state index in [1.54, 1.807) is 24.3 Å². The maximum atomic E-state index is 13.3. The van der Waals surface area contributed by atoms with E-state index in [4.69, 9.17) is 16.3 Å².